The van der Waals surface area contributed by atoms with E-state index in [2.05, 4.69) is 0 Å². The maximum Gasteiger partial charge on any atom is 0.155 e. The van der Waals surface area contributed by atoms with Crippen molar-refractivity contribution in [1.29, 1.82) is 0 Å². The lowest BCUT2D eigenvalue weighted by atomic mass is 10.1. The van der Waals surface area contributed by atoms with E-state index in [4.69, 9.17) is 32.7 Å². The van der Waals surface area contributed by atoms with E-state index in [1.807, 2.05) is 84.9 Å². The van der Waals surface area contributed by atoms with Gasteiger partial charge in [-0.2, -0.15) is 0 Å². The highest BCUT2D eigenvalue weighted by molar-refractivity contribution is 6.45. The van der Waals surface area contributed by atoms with E-state index in [0.717, 1.165) is 10.8 Å². The lowest BCUT2D eigenvalue weighted by molar-refractivity contribution is 0.478. The number of halogens is 2. The molecule has 0 aliphatic heterocycles. The number of fused-ring (bicyclic) bond motifs is 1. The first kappa shape index (κ1) is 16.8. The van der Waals surface area contributed by atoms with Gasteiger partial charge in [-0.25, -0.2) is 0 Å². The maximum atomic E-state index is 6.56. The van der Waals surface area contributed by atoms with Crippen molar-refractivity contribution in [2.75, 3.05) is 0 Å². The third-order valence-corrected chi connectivity index (χ3v) is 4.75. The molecule has 0 fully saturated rings. The van der Waals surface area contributed by atoms with Gasteiger partial charge in [0.05, 0.1) is 0 Å². The molecule has 26 heavy (non-hydrogen) atoms. The molecule has 128 valence electrons. The predicted octanol–water partition coefficient (Wildman–Crippen LogP) is 7.73. The smallest absolute Gasteiger partial charge is 0.155 e. The van der Waals surface area contributed by atoms with E-state index in [0.29, 0.717) is 33.0 Å². The molecule has 0 atom stereocenters. The molecular formula is C22H14Cl2O2. The zero-order chi connectivity index (χ0) is 17.9. The van der Waals surface area contributed by atoms with Crippen LogP contribution in [0.2, 0.25) is 10.0 Å². The van der Waals surface area contributed by atoms with Crippen LogP contribution in [0.4, 0.5) is 0 Å². The topological polar surface area (TPSA) is 18.5 Å². The molecule has 2 nitrogen and oxygen atoms in total. The number of hydrogen-bond donors (Lipinski definition) is 0. The molecule has 0 amide bonds. The zero-order valence-corrected chi connectivity index (χ0v) is 15.2. The summed E-state index contributed by atoms with van der Waals surface area (Å²) in [5.41, 5.74) is 0. The van der Waals surface area contributed by atoms with E-state index in [-0.39, 0.29) is 0 Å². The molecule has 4 aromatic rings. The van der Waals surface area contributed by atoms with Gasteiger partial charge in [0, 0.05) is 10.8 Å². The van der Waals surface area contributed by atoms with Gasteiger partial charge in [-0.3, -0.25) is 0 Å². The van der Waals surface area contributed by atoms with Crippen LogP contribution < -0.4 is 9.47 Å². The van der Waals surface area contributed by atoms with E-state index < -0.39 is 0 Å². The maximum absolute atomic E-state index is 6.56. The molecule has 4 aromatic carbocycles. The van der Waals surface area contributed by atoms with Gasteiger partial charge in [0.2, 0.25) is 0 Å². The molecule has 0 radical (unpaired) electrons. The molecule has 0 heterocycles. The van der Waals surface area contributed by atoms with E-state index in [1.165, 1.54) is 0 Å². The van der Waals surface area contributed by atoms with Gasteiger partial charge in [-0.05, 0) is 24.3 Å². The van der Waals surface area contributed by atoms with E-state index >= 15 is 0 Å². The molecule has 0 N–H and O–H groups in total. The lowest BCUT2D eigenvalue weighted by Gasteiger charge is -2.17. The van der Waals surface area contributed by atoms with Crippen molar-refractivity contribution in [3.8, 4) is 23.0 Å². The summed E-state index contributed by atoms with van der Waals surface area (Å²) < 4.78 is 12.1. The average Bonchev–Trinajstić information content (AvgIpc) is 2.70. The Bertz CT molecular complexity index is 962. The Hall–Kier alpha value is -2.68. The molecule has 0 aliphatic rings. The summed E-state index contributed by atoms with van der Waals surface area (Å²) in [6.45, 7) is 0. The van der Waals surface area contributed by atoms with Gasteiger partial charge in [0.1, 0.15) is 21.5 Å². The second-order valence-corrected chi connectivity index (χ2v) is 6.42. The van der Waals surface area contributed by atoms with Gasteiger partial charge < -0.3 is 9.47 Å². The largest absolute Gasteiger partial charge is 0.455 e. The van der Waals surface area contributed by atoms with Crippen molar-refractivity contribution in [1.82, 2.24) is 0 Å². The fraction of sp³-hybridized carbons (Fsp3) is 0. The second-order valence-electron chi connectivity index (χ2n) is 5.66. The number of rotatable bonds is 4. The van der Waals surface area contributed by atoms with Gasteiger partial charge >= 0.3 is 0 Å². The van der Waals surface area contributed by atoms with Crippen LogP contribution in [0.15, 0.2) is 84.9 Å². The summed E-state index contributed by atoms with van der Waals surface area (Å²) in [6.07, 6.45) is 0. The first-order chi connectivity index (χ1) is 12.7. The summed E-state index contributed by atoms with van der Waals surface area (Å²) in [6, 6.07) is 26.7. The summed E-state index contributed by atoms with van der Waals surface area (Å²) in [4.78, 5) is 0. The first-order valence-corrected chi connectivity index (χ1v) is 8.85. The minimum absolute atomic E-state index is 0.320. The third kappa shape index (κ3) is 3.22. The average molecular weight is 381 g/mol. The zero-order valence-electron chi connectivity index (χ0n) is 13.7. The van der Waals surface area contributed by atoms with Gasteiger partial charge in [0.15, 0.2) is 11.5 Å². The van der Waals surface area contributed by atoms with Crippen LogP contribution in [-0.4, -0.2) is 0 Å². The van der Waals surface area contributed by atoms with Gasteiger partial charge in [-0.15, -0.1) is 0 Å². The van der Waals surface area contributed by atoms with Crippen molar-refractivity contribution >= 4 is 34.0 Å². The monoisotopic (exact) mass is 380 g/mol. The van der Waals surface area contributed by atoms with Crippen LogP contribution >= 0.6 is 23.2 Å². The number of hydrogen-bond acceptors (Lipinski definition) is 2. The van der Waals surface area contributed by atoms with Crippen LogP contribution in [0.3, 0.4) is 0 Å². The number of ether oxygens (including phenoxy) is 2. The highest BCUT2D eigenvalue weighted by Gasteiger charge is 2.20. The molecule has 0 bridgehead atoms. The molecule has 0 saturated heterocycles. The first-order valence-electron chi connectivity index (χ1n) is 8.09. The predicted molar refractivity (Wildman–Crippen MR) is 107 cm³/mol. The van der Waals surface area contributed by atoms with Crippen LogP contribution in [0, 0.1) is 0 Å². The van der Waals surface area contributed by atoms with Crippen LogP contribution in [-0.2, 0) is 0 Å². The summed E-state index contributed by atoms with van der Waals surface area (Å²) in [5.74, 6) is 2.40. The van der Waals surface area contributed by atoms with Crippen molar-refractivity contribution in [2.24, 2.45) is 0 Å². The molecule has 0 aliphatic carbocycles. The molecular weight excluding hydrogens is 367 g/mol. The normalized spacial score (nSPS) is 10.7. The van der Waals surface area contributed by atoms with Crippen LogP contribution in [0.1, 0.15) is 0 Å². The molecule has 0 unspecified atom stereocenters. The van der Waals surface area contributed by atoms with E-state index in [9.17, 15) is 0 Å². The van der Waals surface area contributed by atoms with Crippen molar-refractivity contribution < 1.29 is 9.47 Å². The Balaban J connectivity index is 1.87. The number of benzene rings is 4. The Labute approximate surface area is 161 Å². The molecule has 4 heteroatoms. The van der Waals surface area contributed by atoms with Crippen LogP contribution in [0.25, 0.3) is 10.8 Å². The Kier molecular flexibility index (Phi) is 4.70. The standard InChI is InChI=1S/C22H14Cl2O2/c23-19-20(24)22(26-16-11-5-2-6-12-16)18-14-8-7-13-17(18)21(19)25-15-9-3-1-4-10-15/h1-14H. The Morgan fingerprint density at radius 1 is 0.462 bits per heavy atom. The fourth-order valence-electron chi connectivity index (χ4n) is 2.73. The van der Waals surface area contributed by atoms with E-state index in [1.54, 1.807) is 0 Å². The molecule has 0 spiro atoms. The van der Waals surface area contributed by atoms with Crippen molar-refractivity contribution in [3.63, 3.8) is 0 Å². The minimum atomic E-state index is 0.320. The third-order valence-electron chi connectivity index (χ3n) is 3.93. The highest BCUT2D eigenvalue weighted by Crippen LogP contribution is 2.48. The fourth-order valence-corrected chi connectivity index (χ4v) is 3.18. The lowest BCUT2D eigenvalue weighted by Crippen LogP contribution is -1.93. The van der Waals surface area contributed by atoms with Gasteiger partial charge in [-0.1, -0.05) is 83.9 Å². The Morgan fingerprint density at radius 3 is 1.19 bits per heavy atom. The highest BCUT2D eigenvalue weighted by atomic mass is 35.5. The van der Waals surface area contributed by atoms with Gasteiger partial charge in [0.25, 0.3) is 0 Å². The summed E-state index contributed by atoms with van der Waals surface area (Å²) in [7, 11) is 0. The SMILES string of the molecule is Clc1c(Cl)c(Oc2ccccc2)c2ccccc2c1Oc1ccccc1. The summed E-state index contributed by atoms with van der Waals surface area (Å²) >= 11 is 13.1. The Morgan fingerprint density at radius 2 is 0.808 bits per heavy atom. The minimum Gasteiger partial charge on any atom is -0.455 e. The summed E-state index contributed by atoms with van der Waals surface area (Å²) in [5, 5.41) is 2.30. The van der Waals surface area contributed by atoms with Crippen molar-refractivity contribution in [2.45, 2.75) is 0 Å². The number of para-hydroxylation sites is 2. The van der Waals surface area contributed by atoms with Crippen molar-refractivity contribution in [3.05, 3.63) is 95.0 Å². The molecule has 4 rings (SSSR count). The molecule has 0 saturated carbocycles. The quantitative estimate of drug-likeness (QED) is 0.360. The second kappa shape index (κ2) is 7.28. The molecule has 0 aromatic heterocycles. The van der Waals surface area contributed by atoms with Crippen LogP contribution in [0.5, 0.6) is 23.0 Å².